The van der Waals surface area contributed by atoms with E-state index in [9.17, 15) is 18.0 Å². The lowest BCUT2D eigenvalue weighted by Gasteiger charge is -2.09. The van der Waals surface area contributed by atoms with Crippen molar-refractivity contribution in [1.82, 2.24) is 0 Å². The minimum atomic E-state index is -4.68. The lowest BCUT2D eigenvalue weighted by atomic mass is 10.0. The lowest BCUT2D eigenvalue weighted by molar-refractivity contribution is -0.274. The third kappa shape index (κ3) is 4.41. The lowest BCUT2D eigenvalue weighted by Crippen LogP contribution is -2.17. The van der Waals surface area contributed by atoms with E-state index < -0.39 is 6.36 Å². The second-order valence-corrected chi connectivity index (χ2v) is 5.73. The molecule has 0 saturated carbocycles. The first-order valence-electron chi connectivity index (χ1n) is 7.68. The zero-order chi connectivity index (χ0) is 18.0. The molecular weight excluding hydrogens is 333 g/mol. The number of ether oxygens (including phenoxy) is 1. The predicted octanol–water partition coefficient (Wildman–Crippen LogP) is 5.32. The van der Waals surface area contributed by atoms with Crippen molar-refractivity contribution in [2.75, 3.05) is 0 Å². The normalized spacial score (nSPS) is 11.7. The molecule has 0 unspecified atom stereocenters. The molecule has 25 heavy (non-hydrogen) atoms. The number of halogens is 3. The molecule has 0 atom stereocenters. The molecule has 0 N–H and O–H groups in total. The zero-order valence-corrected chi connectivity index (χ0v) is 13.4. The van der Waals surface area contributed by atoms with Crippen LogP contribution in [0.2, 0.25) is 0 Å². The van der Waals surface area contributed by atoms with Crippen LogP contribution in [0.25, 0.3) is 11.0 Å². The minimum absolute atomic E-state index is 0.126. The number of aryl methyl sites for hydroxylation is 2. The summed E-state index contributed by atoms with van der Waals surface area (Å²) in [5.74, 6) is -0.0312. The predicted molar refractivity (Wildman–Crippen MR) is 86.8 cm³/mol. The van der Waals surface area contributed by atoms with Gasteiger partial charge in [-0.25, -0.2) is 0 Å². The Morgan fingerprint density at radius 3 is 2.28 bits per heavy atom. The number of benzene rings is 2. The number of ketones is 1. The van der Waals surface area contributed by atoms with Crippen molar-refractivity contribution in [3.8, 4) is 5.75 Å². The molecule has 0 amide bonds. The Kier molecular flexibility index (Phi) is 4.53. The van der Waals surface area contributed by atoms with Gasteiger partial charge in [0.1, 0.15) is 11.3 Å². The molecule has 0 aliphatic carbocycles. The van der Waals surface area contributed by atoms with Crippen molar-refractivity contribution in [3.63, 3.8) is 0 Å². The molecule has 0 spiro atoms. The van der Waals surface area contributed by atoms with Crippen LogP contribution >= 0.6 is 0 Å². The number of rotatable bonds is 5. The van der Waals surface area contributed by atoms with Crippen molar-refractivity contribution in [3.05, 3.63) is 65.4 Å². The molecule has 130 valence electrons. The van der Waals surface area contributed by atoms with Gasteiger partial charge in [-0.05, 0) is 48.2 Å². The van der Waals surface area contributed by atoms with Gasteiger partial charge < -0.3 is 9.15 Å². The summed E-state index contributed by atoms with van der Waals surface area (Å²) in [6, 6.07) is 13.3. The van der Waals surface area contributed by atoms with Gasteiger partial charge in [0.25, 0.3) is 0 Å². The first kappa shape index (κ1) is 17.1. The van der Waals surface area contributed by atoms with Gasteiger partial charge in [-0.3, -0.25) is 4.79 Å². The average Bonchev–Trinajstić information content (AvgIpc) is 2.96. The van der Waals surface area contributed by atoms with Gasteiger partial charge in [0.2, 0.25) is 0 Å². The second-order valence-electron chi connectivity index (χ2n) is 5.73. The van der Waals surface area contributed by atoms with Crippen LogP contribution < -0.4 is 4.74 Å². The number of carbonyl (C=O) groups is 1. The highest BCUT2D eigenvalue weighted by atomic mass is 19.4. The van der Waals surface area contributed by atoms with E-state index in [2.05, 4.69) is 4.74 Å². The Bertz CT molecular complexity index is 892. The largest absolute Gasteiger partial charge is 0.573 e. The SMILES string of the molecule is CC(=O)c1cc2ccc(CCc3ccc(OC(F)(F)F)cc3)cc2o1. The fourth-order valence-electron chi connectivity index (χ4n) is 2.55. The monoisotopic (exact) mass is 348 g/mol. The minimum Gasteiger partial charge on any atom is -0.453 e. The van der Waals surface area contributed by atoms with Crippen LogP contribution in [-0.4, -0.2) is 12.1 Å². The molecule has 0 fully saturated rings. The summed E-state index contributed by atoms with van der Waals surface area (Å²) < 4.78 is 45.8. The van der Waals surface area contributed by atoms with Crippen molar-refractivity contribution in [2.45, 2.75) is 26.1 Å². The summed E-state index contributed by atoms with van der Waals surface area (Å²) in [6.45, 7) is 1.45. The van der Waals surface area contributed by atoms with Gasteiger partial charge in [-0.15, -0.1) is 13.2 Å². The fourth-order valence-corrected chi connectivity index (χ4v) is 2.55. The first-order valence-corrected chi connectivity index (χ1v) is 7.68. The molecule has 1 heterocycles. The van der Waals surface area contributed by atoms with E-state index in [1.165, 1.54) is 19.1 Å². The highest BCUT2D eigenvalue weighted by molar-refractivity contribution is 5.96. The number of alkyl halides is 3. The van der Waals surface area contributed by atoms with Gasteiger partial charge in [-0.2, -0.15) is 0 Å². The molecule has 0 saturated heterocycles. The van der Waals surface area contributed by atoms with E-state index in [1.54, 1.807) is 18.2 Å². The summed E-state index contributed by atoms with van der Waals surface area (Å²) in [5.41, 5.74) is 2.57. The van der Waals surface area contributed by atoms with E-state index in [4.69, 9.17) is 4.42 Å². The van der Waals surface area contributed by atoms with Crippen LogP contribution in [0.4, 0.5) is 13.2 Å². The van der Waals surface area contributed by atoms with Crippen molar-refractivity contribution < 1.29 is 27.1 Å². The van der Waals surface area contributed by atoms with E-state index in [0.29, 0.717) is 24.2 Å². The third-order valence-electron chi connectivity index (χ3n) is 3.79. The Morgan fingerprint density at radius 2 is 1.64 bits per heavy atom. The van der Waals surface area contributed by atoms with Crippen LogP contribution in [-0.2, 0) is 12.8 Å². The number of Topliss-reactive ketones (excluding diaryl/α,β-unsaturated/α-hetero) is 1. The van der Waals surface area contributed by atoms with Crippen molar-refractivity contribution in [1.29, 1.82) is 0 Å². The first-order chi connectivity index (χ1) is 11.8. The van der Waals surface area contributed by atoms with Gasteiger partial charge in [-0.1, -0.05) is 24.3 Å². The number of fused-ring (bicyclic) bond motifs is 1. The molecule has 3 rings (SSSR count). The number of carbonyl (C=O) groups excluding carboxylic acids is 1. The Hall–Kier alpha value is -2.76. The summed E-state index contributed by atoms with van der Waals surface area (Å²) >= 11 is 0. The molecule has 0 radical (unpaired) electrons. The average molecular weight is 348 g/mol. The molecule has 6 heteroatoms. The molecule has 2 aromatic carbocycles. The molecule has 0 aliphatic heterocycles. The fraction of sp³-hybridized carbons (Fsp3) is 0.211. The van der Waals surface area contributed by atoms with Gasteiger partial charge in [0.05, 0.1) is 0 Å². The van der Waals surface area contributed by atoms with E-state index >= 15 is 0 Å². The summed E-state index contributed by atoms with van der Waals surface area (Å²) in [5, 5.41) is 0.864. The molecule has 0 aliphatic rings. The van der Waals surface area contributed by atoms with Crippen LogP contribution in [0.5, 0.6) is 5.75 Å². The van der Waals surface area contributed by atoms with Crippen LogP contribution in [0.1, 0.15) is 28.6 Å². The molecule has 3 nitrogen and oxygen atoms in total. The third-order valence-corrected chi connectivity index (χ3v) is 3.79. The molecule has 1 aromatic heterocycles. The Labute approximate surface area is 142 Å². The molecule has 0 bridgehead atoms. The maximum absolute atomic E-state index is 12.1. The number of hydrogen-bond donors (Lipinski definition) is 0. The van der Waals surface area contributed by atoms with Crippen molar-refractivity contribution >= 4 is 16.8 Å². The van der Waals surface area contributed by atoms with E-state index in [-0.39, 0.29) is 11.5 Å². The summed E-state index contributed by atoms with van der Waals surface area (Å²) in [7, 11) is 0. The maximum atomic E-state index is 12.1. The Balaban J connectivity index is 1.66. The highest BCUT2D eigenvalue weighted by Crippen LogP contribution is 2.24. The Morgan fingerprint density at radius 1 is 1.00 bits per heavy atom. The van der Waals surface area contributed by atoms with Crippen LogP contribution in [0, 0.1) is 0 Å². The van der Waals surface area contributed by atoms with E-state index in [1.807, 2.05) is 18.2 Å². The maximum Gasteiger partial charge on any atom is 0.573 e. The van der Waals surface area contributed by atoms with Crippen LogP contribution in [0.3, 0.4) is 0 Å². The van der Waals surface area contributed by atoms with Gasteiger partial charge in [0, 0.05) is 12.3 Å². The standard InChI is InChI=1S/C19H15F3O3/c1-12(23)17-11-15-7-4-14(10-18(15)24-17)3-2-13-5-8-16(9-6-13)25-19(20,21)22/h4-11H,2-3H2,1H3. The zero-order valence-electron chi connectivity index (χ0n) is 13.4. The topological polar surface area (TPSA) is 39.4 Å². The molecule has 3 aromatic rings. The summed E-state index contributed by atoms with van der Waals surface area (Å²) in [4.78, 5) is 11.4. The number of furan rings is 1. The smallest absolute Gasteiger partial charge is 0.453 e. The quantitative estimate of drug-likeness (QED) is 0.586. The second kappa shape index (κ2) is 6.63. The highest BCUT2D eigenvalue weighted by Gasteiger charge is 2.30. The van der Waals surface area contributed by atoms with Crippen molar-refractivity contribution in [2.24, 2.45) is 0 Å². The number of hydrogen-bond acceptors (Lipinski definition) is 3. The van der Waals surface area contributed by atoms with Gasteiger partial charge in [0.15, 0.2) is 11.5 Å². The van der Waals surface area contributed by atoms with Crippen LogP contribution in [0.15, 0.2) is 52.9 Å². The van der Waals surface area contributed by atoms with Gasteiger partial charge >= 0.3 is 6.36 Å². The van der Waals surface area contributed by atoms with E-state index in [0.717, 1.165) is 16.5 Å². The summed E-state index contributed by atoms with van der Waals surface area (Å²) in [6.07, 6.45) is -3.32. The molecular formula is C19H15F3O3.